The van der Waals surface area contributed by atoms with Crippen molar-refractivity contribution >= 4 is 15.1 Å². The monoisotopic (exact) mass is 392 g/mol. The Morgan fingerprint density at radius 2 is 1.63 bits per heavy atom. The third kappa shape index (κ3) is 4.28. The predicted molar refractivity (Wildman–Crippen MR) is 72.3 cm³/mol. The maximum Gasteiger partial charge on any atom is -1.00 e. The van der Waals surface area contributed by atoms with Crippen molar-refractivity contribution in [3.8, 4) is 0 Å². The average Bonchev–Trinajstić information content (AvgIpc) is 2.59. The molecule has 1 aliphatic rings. The second kappa shape index (κ2) is 8.14. The van der Waals surface area contributed by atoms with Crippen LogP contribution in [0, 0.1) is 13.8 Å². The number of allylic oxidation sites excluding steroid dienone is 1. The molecule has 1 atom stereocenters. The van der Waals surface area contributed by atoms with Gasteiger partial charge in [-0.2, -0.15) is 0 Å². The summed E-state index contributed by atoms with van der Waals surface area (Å²) < 4.78 is 6.77. The summed E-state index contributed by atoms with van der Waals surface area (Å²) in [6.45, 7) is 11.3. The topological polar surface area (TPSA) is 9.23 Å². The van der Waals surface area contributed by atoms with Crippen molar-refractivity contribution in [3.05, 3.63) is 40.0 Å². The molecule has 104 valence electrons. The van der Waals surface area contributed by atoms with E-state index < -0.39 is 32.7 Å². The maximum atomic E-state index is 6.12. The minimum Gasteiger partial charge on any atom is -1.00 e. The predicted octanol–water partition coefficient (Wildman–Crippen LogP) is -2.23. The molecule has 0 aromatic heterocycles. The van der Waals surface area contributed by atoms with Crippen LogP contribution in [0.25, 0.3) is 6.08 Å². The number of hydrogen-bond donors (Lipinski definition) is 0. The molecular formula is C14H20Cl2OSiZr. The summed E-state index contributed by atoms with van der Waals surface area (Å²) in [5.41, 5.74) is 7.43. The Morgan fingerprint density at radius 1 is 1.05 bits per heavy atom. The molecule has 1 aromatic rings. The molecule has 5 heteroatoms. The first-order valence-electron chi connectivity index (χ1n) is 6.20. The zero-order valence-corrected chi connectivity index (χ0v) is 17.2. The Morgan fingerprint density at radius 3 is 2.21 bits per heavy atom. The van der Waals surface area contributed by atoms with E-state index in [1.807, 2.05) is 0 Å². The standard InChI is InChI=1S/C12H13.C2H7OSi.2ClH.Zr/c1-8-6-11-9(2)4-5-10(3)12(11)7-8;1-4(2)3;;;/h4-7H,1-3H3;4H,1-2H3;2*1H;/q;-1;;;+3/p-2. The van der Waals surface area contributed by atoms with Gasteiger partial charge >= 0.3 is 119 Å². The van der Waals surface area contributed by atoms with Crippen molar-refractivity contribution in [1.29, 1.82) is 0 Å². The fraction of sp³-hybridized carbons (Fsp3) is 0.429. The minimum atomic E-state index is -0.848. The molecule has 0 amide bonds. The molecule has 1 aliphatic carbocycles. The van der Waals surface area contributed by atoms with Crippen LogP contribution >= 0.6 is 0 Å². The molecule has 19 heavy (non-hydrogen) atoms. The van der Waals surface area contributed by atoms with Crippen molar-refractivity contribution in [1.82, 2.24) is 0 Å². The van der Waals surface area contributed by atoms with Crippen molar-refractivity contribution < 1.29 is 51.0 Å². The number of fused-ring (bicyclic) bond motifs is 1. The van der Waals surface area contributed by atoms with Crippen LogP contribution in [0.4, 0.5) is 0 Å². The van der Waals surface area contributed by atoms with Gasteiger partial charge in [0.15, 0.2) is 0 Å². The molecule has 0 N–H and O–H groups in total. The molecule has 0 radical (unpaired) electrons. The van der Waals surface area contributed by atoms with Crippen LogP contribution in [0.15, 0.2) is 17.7 Å². The van der Waals surface area contributed by atoms with Crippen molar-refractivity contribution in [2.75, 3.05) is 0 Å². The van der Waals surface area contributed by atoms with Crippen molar-refractivity contribution in [2.24, 2.45) is 0 Å². The third-order valence-corrected chi connectivity index (χ3v) is 10.8. The fourth-order valence-electron chi connectivity index (χ4n) is 2.32. The van der Waals surface area contributed by atoms with Crippen LogP contribution in [0.1, 0.15) is 32.8 Å². The van der Waals surface area contributed by atoms with Gasteiger partial charge in [0, 0.05) is 0 Å². The molecule has 1 unspecified atom stereocenters. The molecule has 0 saturated carbocycles. The quantitative estimate of drug-likeness (QED) is 0.528. The van der Waals surface area contributed by atoms with Crippen LogP contribution in [0.2, 0.25) is 13.1 Å². The number of benzene rings is 1. The van der Waals surface area contributed by atoms with Gasteiger partial charge in [-0.3, -0.25) is 0 Å². The third-order valence-electron chi connectivity index (χ3n) is 3.26. The second-order valence-corrected chi connectivity index (χ2v) is 11.2. The Labute approximate surface area is 142 Å². The van der Waals surface area contributed by atoms with Crippen LogP contribution in [0.3, 0.4) is 0 Å². The number of hydrogen-bond acceptors (Lipinski definition) is 1. The first-order valence-corrected chi connectivity index (χ1v) is 11.4. The van der Waals surface area contributed by atoms with E-state index >= 15 is 0 Å². The molecule has 0 spiro atoms. The normalized spacial score (nSPS) is 16.1. The van der Waals surface area contributed by atoms with Gasteiger partial charge in [-0.05, 0) is 0 Å². The van der Waals surface area contributed by atoms with Gasteiger partial charge in [0.25, 0.3) is 0 Å². The van der Waals surface area contributed by atoms with Gasteiger partial charge in [-0.15, -0.1) is 0 Å². The van der Waals surface area contributed by atoms with Gasteiger partial charge in [0.2, 0.25) is 0 Å². The zero-order valence-electron chi connectivity index (χ0n) is 12.1. The van der Waals surface area contributed by atoms with Crippen LogP contribution in [-0.4, -0.2) is 9.04 Å². The largest absolute Gasteiger partial charge is 1.00 e. The molecule has 0 aliphatic heterocycles. The van der Waals surface area contributed by atoms with E-state index in [9.17, 15) is 0 Å². The van der Waals surface area contributed by atoms with E-state index in [4.69, 9.17) is 2.50 Å². The Kier molecular flexibility index (Phi) is 8.40. The average molecular weight is 395 g/mol. The molecule has 0 heterocycles. The molecule has 1 nitrogen and oxygen atoms in total. The number of aryl methyl sites for hydroxylation is 2. The van der Waals surface area contributed by atoms with Gasteiger partial charge in [0.05, 0.1) is 0 Å². The van der Waals surface area contributed by atoms with E-state index in [1.165, 1.54) is 22.3 Å². The minimum absolute atomic E-state index is 0. The summed E-state index contributed by atoms with van der Waals surface area (Å²) in [5.74, 6) is 0. The summed E-state index contributed by atoms with van der Waals surface area (Å²) >= 11 is -0.756. The van der Waals surface area contributed by atoms with E-state index in [2.05, 4.69) is 52.1 Å². The van der Waals surface area contributed by atoms with Gasteiger partial charge < -0.3 is 24.8 Å². The van der Waals surface area contributed by atoms with Crippen LogP contribution in [0.5, 0.6) is 0 Å². The molecule has 1 aromatic carbocycles. The fourth-order valence-corrected chi connectivity index (χ4v) is 7.64. The van der Waals surface area contributed by atoms with Gasteiger partial charge in [0.1, 0.15) is 0 Å². The molecule has 0 saturated heterocycles. The first kappa shape index (κ1) is 19.6. The summed E-state index contributed by atoms with van der Waals surface area (Å²) in [6, 6.07) is 4.50. The molecule has 2 rings (SSSR count). The van der Waals surface area contributed by atoms with Gasteiger partial charge in [-0.1, -0.05) is 0 Å². The summed E-state index contributed by atoms with van der Waals surface area (Å²) in [6.07, 6.45) is 2.38. The smallest absolute Gasteiger partial charge is 1.00 e. The zero-order chi connectivity index (χ0) is 12.6. The molecule has 0 bridgehead atoms. The Hall–Kier alpha value is 0.600. The van der Waals surface area contributed by atoms with Gasteiger partial charge in [-0.25, -0.2) is 0 Å². The molecule has 0 fully saturated rings. The van der Waals surface area contributed by atoms with E-state index in [0.29, 0.717) is 3.63 Å². The Bertz CT molecular complexity index is 475. The Balaban J connectivity index is 0.00000162. The molecular weight excluding hydrogens is 374 g/mol. The number of rotatable bonds is 3. The van der Waals surface area contributed by atoms with E-state index in [-0.39, 0.29) is 24.8 Å². The summed E-state index contributed by atoms with van der Waals surface area (Å²) in [5, 5.41) is 0. The van der Waals surface area contributed by atoms with E-state index in [0.717, 1.165) is 0 Å². The van der Waals surface area contributed by atoms with Crippen LogP contribution < -0.4 is 24.8 Å². The van der Waals surface area contributed by atoms with Crippen molar-refractivity contribution in [2.45, 2.75) is 37.5 Å². The SMILES string of the molecule is CC1=Cc2c(C)ccc(C)c2[CH]1[Zr+2][O][SiH](C)C.[Cl-].[Cl-]. The first-order chi connectivity index (χ1) is 8.00. The maximum absolute atomic E-state index is 6.12. The number of halogens is 2. The second-order valence-electron chi connectivity index (χ2n) is 5.13. The summed E-state index contributed by atoms with van der Waals surface area (Å²) in [7, 11) is -0.848. The van der Waals surface area contributed by atoms with Crippen molar-refractivity contribution in [3.63, 3.8) is 0 Å². The van der Waals surface area contributed by atoms with E-state index in [1.54, 1.807) is 5.56 Å². The summed E-state index contributed by atoms with van der Waals surface area (Å²) in [4.78, 5) is 0. The van der Waals surface area contributed by atoms with Crippen LogP contribution in [-0.2, 0) is 26.2 Å².